The molecular formula is C11H14O3. The van der Waals surface area contributed by atoms with Gasteiger partial charge in [-0.25, -0.2) is 0 Å². The van der Waals surface area contributed by atoms with Gasteiger partial charge in [0.15, 0.2) is 5.78 Å². The van der Waals surface area contributed by atoms with Crippen LogP contribution >= 0.6 is 0 Å². The third-order valence-electron chi connectivity index (χ3n) is 1.73. The number of rotatable bonds is 6. The molecule has 0 aromatic heterocycles. The smallest absolute Gasteiger partial charge is 0.172 e. The molecule has 0 bridgehead atoms. The van der Waals surface area contributed by atoms with Crippen molar-refractivity contribution in [3.8, 4) is 5.75 Å². The Morgan fingerprint density at radius 3 is 2.64 bits per heavy atom. The van der Waals surface area contributed by atoms with E-state index in [0.717, 1.165) is 5.75 Å². The second-order valence-electron chi connectivity index (χ2n) is 2.88. The number of carbonyl (C=O) groups excluding carboxylic acids is 1. The van der Waals surface area contributed by atoms with Gasteiger partial charge < -0.3 is 9.47 Å². The quantitative estimate of drug-likeness (QED) is 0.691. The Balaban J connectivity index is 2.24. The summed E-state index contributed by atoms with van der Waals surface area (Å²) >= 11 is 0. The molecule has 0 N–H and O–H groups in total. The van der Waals surface area contributed by atoms with Crippen molar-refractivity contribution >= 4 is 5.78 Å². The van der Waals surface area contributed by atoms with E-state index in [0.29, 0.717) is 13.0 Å². The molecule has 3 nitrogen and oxygen atoms in total. The van der Waals surface area contributed by atoms with Gasteiger partial charge in [0.2, 0.25) is 0 Å². The van der Waals surface area contributed by atoms with E-state index < -0.39 is 0 Å². The lowest BCUT2D eigenvalue weighted by Crippen LogP contribution is -2.12. The molecule has 1 aromatic carbocycles. The van der Waals surface area contributed by atoms with Crippen molar-refractivity contribution in [3.63, 3.8) is 0 Å². The summed E-state index contributed by atoms with van der Waals surface area (Å²) < 4.78 is 10.0. The summed E-state index contributed by atoms with van der Waals surface area (Å²) in [4.78, 5) is 11.2. The van der Waals surface area contributed by atoms with Crippen molar-refractivity contribution in [1.82, 2.24) is 0 Å². The van der Waals surface area contributed by atoms with Gasteiger partial charge in [0.25, 0.3) is 0 Å². The highest BCUT2D eigenvalue weighted by Gasteiger charge is 2.01. The second-order valence-corrected chi connectivity index (χ2v) is 2.88. The predicted octanol–water partition coefficient (Wildman–Crippen LogP) is 1.67. The zero-order valence-corrected chi connectivity index (χ0v) is 8.23. The van der Waals surface area contributed by atoms with Crippen LogP contribution in [-0.2, 0) is 9.53 Å². The monoisotopic (exact) mass is 194 g/mol. The minimum absolute atomic E-state index is 0.0516. The van der Waals surface area contributed by atoms with Gasteiger partial charge in [-0.15, -0.1) is 0 Å². The van der Waals surface area contributed by atoms with Crippen LogP contribution in [0.15, 0.2) is 30.3 Å². The van der Waals surface area contributed by atoms with E-state index in [1.165, 1.54) is 0 Å². The van der Waals surface area contributed by atoms with Gasteiger partial charge in [0.05, 0.1) is 6.61 Å². The van der Waals surface area contributed by atoms with Crippen LogP contribution in [0, 0.1) is 0 Å². The molecule has 0 aliphatic rings. The molecule has 0 radical (unpaired) electrons. The number of methoxy groups -OCH3 is 1. The van der Waals surface area contributed by atoms with Gasteiger partial charge in [-0.1, -0.05) is 18.2 Å². The maximum absolute atomic E-state index is 11.2. The van der Waals surface area contributed by atoms with Crippen LogP contribution in [0.3, 0.4) is 0 Å². The molecule has 76 valence electrons. The maximum atomic E-state index is 11.2. The molecule has 0 unspecified atom stereocenters. The summed E-state index contributed by atoms with van der Waals surface area (Å²) in [6.07, 6.45) is 0.406. The average molecular weight is 194 g/mol. The van der Waals surface area contributed by atoms with Gasteiger partial charge in [-0.3, -0.25) is 4.79 Å². The van der Waals surface area contributed by atoms with E-state index >= 15 is 0 Å². The average Bonchev–Trinajstić information content (AvgIpc) is 2.25. The highest BCUT2D eigenvalue weighted by molar-refractivity contribution is 5.80. The standard InChI is InChI=1S/C11H14O3/c1-13-8-7-10(12)9-14-11-5-3-2-4-6-11/h2-6H,7-9H2,1H3. The lowest BCUT2D eigenvalue weighted by Gasteiger charge is -2.04. The highest BCUT2D eigenvalue weighted by Crippen LogP contribution is 2.07. The Labute approximate surface area is 83.6 Å². The lowest BCUT2D eigenvalue weighted by atomic mass is 10.3. The summed E-state index contributed by atoms with van der Waals surface area (Å²) in [5, 5.41) is 0. The molecule has 0 spiro atoms. The number of carbonyl (C=O) groups is 1. The van der Waals surface area contributed by atoms with E-state index in [1.807, 2.05) is 30.3 Å². The topological polar surface area (TPSA) is 35.5 Å². The fraction of sp³-hybridized carbons (Fsp3) is 0.364. The minimum Gasteiger partial charge on any atom is -0.486 e. The molecular weight excluding hydrogens is 180 g/mol. The van der Waals surface area contributed by atoms with Gasteiger partial charge in [-0.2, -0.15) is 0 Å². The third-order valence-corrected chi connectivity index (χ3v) is 1.73. The predicted molar refractivity (Wildman–Crippen MR) is 53.4 cm³/mol. The molecule has 3 heteroatoms. The second kappa shape index (κ2) is 6.16. The Kier molecular flexibility index (Phi) is 4.72. The van der Waals surface area contributed by atoms with Crippen LogP contribution in [0.25, 0.3) is 0 Å². The molecule has 0 heterocycles. The normalized spacial score (nSPS) is 9.79. The first-order chi connectivity index (χ1) is 6.83. The van der Waals surface area contributed by atoms with Crippen LogP contribution in [0.1, 0.15) is 6.42 Å². The van der Waals surface area contributed by atoms with E-state index in [1.54, 1.807) is 7.11 Å². The van der Waals surface area contributed by atoms with Gasteiger partial charge in [0.1, 0.15) is 12.4 Å². The molecule has 0 amide bonds. The molecule has 14 heavy (non-hydrogen) atoms. The van der Waals surface area contributed by atoms with E-state index in [2.05, 4.69) is 0 Å². The first-order valence-electron chi connectivity index (χ1n) is 4.51. The van der Waals surface area contributed by atoms with Crippen molar-refractivity contribution in [2.45, 2.75) is 6.42 Å². The van der Waals surface area contributed by atoms with Crippen molar-refractivity contribution < 1.29 is 14.3 Å². The van der Waals surface area contributed by atoms with Crippen molar-refractivity contribution in [2.24, 2.45) is 0 Å². The largest absolute Gasteiger partial charge is 0.486 e. The first kappa shape index (κ1) is 10.7. The molecule has 1 rings (SSSR count). The summed E-state index contributed by atoms with van der Waals surface area (Å²) in [6.45, 7) is 0.574. The van der Waals surface area contributed by atoms with Crippen LogP contribution in [0.2, 0.25) is 0 Å². The van der Waals surface area contributed by atoms with Gasteiger partial charge in [0, 0.05) is 13.5 Å². The Morgan fingerprint density at radius 2 is 2.00 bits per heavy atom. The Morgan fingerprint density at radius 1 is 1.29 bits per heavy atom. The number of benzene rings is 1. The summed E-state index contributed by atoms with van der Waals surface area (Å²) in [5.74, 6) is 0.772. The zero-order chi connectivity index (χ0) is 10.2. The van der Waals surface area contributed by atoms with Crippen molar-refractivity contribution in [2.75, 3.05) is 20.3 Å². The molecule has 0 atom stereocenters. The van der Waals surface area contributed by atoms with Crippen molar-refractivity contribution in [3.05, 3.63) is 30.3 Å². The first-order valence-corrected chi connectivity index (χ1v) is 4.51. The SMILES string of the molecule is COCCC(=O)COc1ccccc1. The molecule has 0 aliphatic carbocycles. The van der Waals surface area contributed by atoms with Crippen molar-refractivity contribution in [1.29, 1.82) is 0 Å². The number of Topliss-reactive ketones (excluding diaryl/α,β-unsaturated/α-hetero) is 1. The van der Waals surface area contributed by atoms with Gasteiger partial charge in [-0.05, 0) is 12.1 Å². The van der Waals surface area contributed by atoms with Crippen LogP contribution in [0.5, 0.6) is 5.75 Å². The highest BCUT2D eigenvalue weighted by atomic mass is 16.5. The molecule has 0 fully saturated rings. The Bertz CT molecular complexity index is 269. The lowest BCUT2D eigenvalue weighted by molar-refractivity contribution is -0.121. The fourth-order valence-electron chi connectivity index (χ4n) is 0.969. The maximum Gasteiger partial charge on any atom is 0.172 e. The number of ketones is 1. The summed E-state index contributed by atoms with van der Waals surface area (Å²) in [7, 11) is 1.57. The molecule has 1 aromatic rings. The van der Waals surface area contributed by atoms with Gasteiger partial charge >= 0.3 is 0 Å². The molecule has 0 saturated carbocycles. The van der Waals surface area contributed by atoms with Crippen LogP contribution < -0.4 is 4.74 Å². The summed E-state index contributed by atoms with van der Waals surface area (Å²) in [5.41, 5.74) is 0. The third kappa shape index (κ3) is 4.05. The number of ether oxygens (including phenoxy) is 2. The van der Waals surface area contributed by atoms with Crippen LogP contribution in [-0.4, -0.2) is 26.1 Å². The fourth-order valence-corrected chi connectivity index (χ4v) is 0.969. The summed E-state index contributed by atoms with van der Waals surface area (Å²) in [6, 6.07) is 9.29. The number of para-hydroxylation sites is 1. The van der Waals surface area contributed by atoms with E-state index in [4.69, 9.17) is 9.47 Å². The molecule has 0 saturated heterocycles. The zero-order valence-electron chi connectivity index (χ0n) is 8.23. The number of hydrogen-bond donors (Lipinski definition) is 0. The molecule has 0 aliphatic heterocycles. The van der Waals surface area contributed by atoms with E-state index in [-0.39, 0.29) is 12.4 Å². The number of hydrogen-bond acceptors (Lipinski definition) is 3. The van der Waals surface area contributed by atoms with Crippen LogP contribution in [0.4, 0.5) is 0 Å². The van der Waals surface area contributed by atoms with E-state index in [9.17, 15) is 4.79 Å². The Hall–Kier alpha value is -1.35. The minimum atomic E-state index is 0.0516.